The summed E-state index contributed by atoms with van der Waals surface area (Å²) in [5, 5.41) is 3.85. The van der Waals surface area contributed by atoms with E-state index in [1.807, 2.05) is 0 Å². The summed E-state index contributed by atoms with van der Waals surface area (Å²) in [5.41, 5.74) is 1.22. The Labute approximate surface area is 154 Å². The van der Waals surface area contributed by atoms with E-state index in [2.05, 4.69) is 10.1 Å². The Hall–Kier alpha value is -3.42. The van der Waals surface area contributed by atoms with Gasteiger partial charge < -0.3 is 18.7 Å². The lowest BCUT2D eigenvalue weighted by molar-refractivity contribution is -0.144. The van der Waals surface area contributed by atoms with Crippen molar-refractivity contribution in [3.8, 4) is 22.9 Å². The summed E-state index contributed by atoms with van der Waals surface area (Å²) < 4.78 is 33.8. The highest BCUT2D eigenvalue weighted by Gasteiger charge is 2.13. The van der Waals surface area contributed by atoms with Crippen LogP contribution in [0.2, 0.25) is 0 Å². The van der Waals surface area contributed by atoms with E-state index in [9.17, 15) is 9.18 Å². The molecular weight excluding hydrogens is 355 g/mol. The van der Waals surface area contributed by atoms with Gasteiger partial charge in [0.2, 0.25) is 5.82 Å². The summed E-state index contributed by atoms with van der Waals surface area (Å²) >= 11 is 0. The van der Waals surface area contributed by atoms with Gasteiger partial charge in [0.25, 0.3) is 5.89 Å². The largest absolute Gasteiger partial charge is 0.497 e. The molecule has 0 bridgehead atoms. The summed E-state index contributed by atoms with van der Waals surface area (Å²) in [7, 11) is 2.95. The number of ether oxygens (including phenoxy) is 3. The van der Waals surface area contributed by atoms with Crippen LogP contribution in [-0.4, -0.2) is 30.3 Å². The number of hydrogen-bond acceptors (Lipinski definition) is 7. The molecule has 0 radical (unpaired) electrons. The van der Waals surface area contributed by atoms with E-state index in [0.29, 0.717) is 17.1 Å². The molecule has 0 saturated carbocycles. The molecule has 1 heterocycles. The molecule has 27 heavy (non-hydrogen) atoms. The Morgan fingerprint density at radius 2 is 1.89 bits per heavy atom. The standard InChI is InChI=1S/C19H17FN2O5/c1-24-14-6-4-13(5-7-14)19-21-17(27-22-19)11-26-18(23)10-12-3-8-16(25-2)15(20)9-12/h3-9H,10-11H2,1-2H3. The zero-order valence-electron chi connectivity index (χ0n) is 14.8. The van der Waals surface area contributed by atoms with Crippen LogP contribution in [0, 0.1) is 5.82 Å². The molecule has 2 aromatic carbocycles. The van der Waals surface area contributed by atoms with Crippen LogP contribution >= 0.6 is 0 Å². The lowest BCUT2D eigenvalue weighted by atomic mass is 10.1. The highest BCUT2D eigenvalue weighted by molar-refractivity contribution is 5.72. The summed E-state index contributed by atoms with van der Waals surface area (Å²) in [5.74, 6) is 0.291. The number of aromatic nitrogens is 2. The Morgan fingerprint density at radius 1 is 1.11 bits per heavy atom. The molecule has 0 atom stereocenters. The van der Waals surface area contributed by atoms with Gasteiger partial charge in [0, 0.05) is 5.56 Å². The smallest absolute Gasteiger partial charge is 0.310 e. The maximum absolute atomic E-state index is 13.6. The first-order valence-corrected chi connectivity index (χ1v) is 8.04. The average molecular weight is 372 g/mol. The highest BCUT2D eigenvalue weighted by atomic mass is 19.1. The predicted octanol–water partition coefficient (Wildman–Crippen LogP) is 3.18. The number of esters is 1. The molecule has 3 aromatic rings. The number of benzene rings is 2. The molecule has 0 spiro atoms. The van der Waals surface area contributed by atoms with E-state index in [4.69, 9.17) is 18.7 Å². The molecule has 0 unspecified atom stereocenters. The fourth-order valence-electron chi connectivity index (χ4n) is 2.35. The van der Waals surface area contributed by atoms with Gasteiger partial charge in [-0.2, -0.15) is 4.98 Å². The minimum absolute atomic E-state index is 0.0829. The van der Waals surface area contributed by atoms with Crippen molar-refractivity contribution >= 4 is 5.97 Å². The fraction of sp³-hybridized carbons (Fsp3) is 0.211. The number of halogens is 1. The number of rotatable bonds is 7. The van der Waals surface area contributed by atoms with Gasteiger partial charge in [0.15, 0.2) is 18.2 Å². The third-order valence-corrected chi connectivity index (χ3v) is 3.74. The first-order chi connectivity index (χ1) is 13.1. The predicted molar refractivity (Wildman–Crippen MR) is 92.7 cm³/mol. The van der Waals surface area contributed by atoms with Crippen molar-refractivity contribution in [2.45, 2.75) is 13.0 Å². The minimum Gasteiger partial charge on any atom is -0.497 e. The Kier molecular flexibility index (Phi) is 5.65. The van der Waals surface area contributed by atoms with Gasteiger partial charge in [-0.15, -0.1) is 0 Å². The fourth-order valence-corrected chi connectivity index (χ4v) is 2.35. The van der Waals surface area contributed by atoms with Crippen molar-refractivity contribution in [1.29, 1.82) is 0 Å². The van der Waals surface area contributed by atoms with Gasteiger partial charge in [-0.05, 0) is 42.0 Å². The minimum atomic E-state index is -0.538. The first-order valence-electron chi connectivity index (χ1n) is 8.04. The number of methoxy groups -OCH3 is 2. The number of hydrogen-bond donors (Lipinski definition) is 0. The molecule has 1 aromatic heterocycles. The van der Waals surface area contributed by atoms with E-state index in [0.717, 1.165) is 5.56 Å². The average Bonchev–Trinajstić information content (AvgIpc) is 3.16. The van der Waals surface area contributed by atoms with Crippen molar-refractivity contribution < 1.29 is 27.9 Å². The molecule has 140 valence electrons. The quantitative estimate of drug-likeness (QED) is 0.589. The van der Waals surface area contributed by atoms with E-state index in [1.165, 1.54) is 19.2 Å². The van der Waals surface area contributed by atoms with Gasteiger partial charge in [-0.1, -0.05) is 11.2 Å². The molecule has 0 aliphatic heterocycles. The Morgan fingerprint density at radius 3 is 2.56 bits per heavy atom. The van der Waals surface area contributed by atoms with E-state index < -0.39 is 11.8 Å². The van der Waals surface area contributed by atoms with Crippen molar-refractivity contribution in [2.75, 3.05) is 14.2 Å². The van der Waals surface area contributed by atoms with Crippen LogP contribution in [-0.2, 0) is 22.6 Å². The van der Waals surface area contributed by atoms with Crippen LogP contribution < -0.4 is 9.47 Å². The summed E-state index contributed by atoms with van der Waals surface area (Å²) in [4.78, 5) is 16.1. The zero-order chi connectivity index (χ0) is 19.2. The second kappa shape index (κ2) is 8.31. The van der Waals surface area contributed by atoms with Crippen molar-refractivity contribution in [3.05, 3.63) is 59.7 Å². The maximum atomic E-state index is 13.6. The second-order valence-corrected chi connectivity index (χ2v) is 5.55. The third-order valence-electron chi connectivity index (χ3n) is 3.74. The molecule has 0 aliphatic carbocycles. The van der Waals surface area contributed by atoms with Gasteiger partial charge in [0.05, 0.1) is 20.6 Å². The number of carbonyl (C=O) groups excluding carboxylic acids is 1. The Balaban J connectivity index is 1.56. The first kappa shape index (κ1) is 18.4. The Bertz CT molecular complexity index is 924. The van der Waals surface area contributed by atoms with E-state index >= 15 is 0 Å². The molecule has 3 rings (SSSR count). The molecule has 0 N–H and O–H groups in total. The molecule has 7 nitrogen and oxygen atoms in total. The molecule has 0 amide bonds. The maximum Gasteiger partial charge on any atom is 0.310 e. The van der Waals surface area contributed by atoms with Crippen LogP contribution in [0.25, 0.3) is 11.4 Å². The summed E-state index contributed by atoms with van der Waals surface area (Å²) in [6.45, 7) is -0.166. The number of carbonyl (C=O) groups is 1. The van der Waals surface area contributed by atoms with Gasteiger partial charge in [-0.25, -0.2) is 4.39 Å². The topological polar surface area (TPSA) is 83.7 Å². The highest BCUT2D eigenvalue weighted by Crippen LogP contribution is 2.20. The third kappa shape index (κ3) is 4.60. The molecule has 0 fully saturated rings. The van der Waals surface area contributed by atoms with Crippen molar-refractivity contribution in [2.24, 2.45) is 0 Å². The van der Waals surface area contributed by atoms with Gasteiger partial charge >= 0.3 is 5.97 Å². The number of nitrogens with zero attached hydrogens (tertiary/aromatic N) is 2. The zero-order valence-corrected chi connectivity index (χ0v) is 14.8. The van der Waals surface area contributed by atoms with E-state index in [-0.39, 0.29) is 24.7 Å². The normalized spacial score (nSPS) is 10.5. The van der Waals surface area contributed by atoms with Crippen molar-refractivity contribution in [3.63, 3.8) is 0 Å². The van der Waals surface area contributed by atoms with Crippen LogP contribution in [0.3, 0.4) is 0 Å². The molecular formula is C19H17FN2O5. The summed E-state index contributed by atoms with van der Waals surface area (Å²) in [6, 6.07) is 11.4. The molecule has 8 heteroatoms. The van der Waals surface area contributed by atoms with Crippen LogP contribution in [0.1, 0.15) is 11.5 Å². The molecule has 0 aliphatic rings. The van der Waals surface area contributed by atoms with Crippen LogP contribution in [0.15, 0.2) is 47.0 Å². The monoisotopic (exact) mass is 372 g/mol. The molecule has 0 saturated heterocycles. The second-order valence-electron chi connectivity index (χ2n) is 5.55. The van der Waals surface area contributed by atoms with Gasteiger partial charge in [0.1, 0.15) is 5.75 Å². The van der Waals surface area contributed by atoms with Gasteiger partial charge in [-0.3, -0.25) is 4.79 Å². The SMILES string of the molecule is COc1ccc(-c2noc(COC(=O)Cc3ccc(OC)c(F)c3)n2)cc1. The van der Waals surface area contributed by atoms with Crippen molar-refractivity contribution in [1.82, 2.24) is 10.1 Å². The lowest BCUT2D eigenvalue weighted by Gasteiger charge is -2.05. The van der Waals surface area contributed by atoms with E-state index in [1.54, 1.807) is 37.4 Å². The lowest BCUT2D eigenvalue weighted by Crippen LogP contribution is -2.08. The van der Waals surface area contributed by atoms with Crippen LogP contribution in [0.4, 0.5) is 4.39 Å². The summed E-state index contributed by atoms with van der Waals surface area (Å²) in [6.07, 6.45) is -0.0829. The van der Waals surface area contributed by atoms with Crippen LogP contribution in [0.5, 0.6) is 11.5 Å².